The summed E-state index contributed by atoms with van der Waals surface area (Å²) in [6.45, 7) is 3.73. The number of piperidine rings is 2. The van der Waals surface area contributed by atoms with Crippen LogP contribution in [0.4, 0.5) is 0 Å². The van der Waals surface area contributed by atoms with E-state index in [2.05, 4.69) is 6.92 Å². The summed E-state index contributed by atoms with van der Waals surface area (Å²) < 4.78 is 0. The van der Waals surface area contributed by atoms with E-state index in [1.165, 1.54) is 0 Å². The van der Waals surface area contributed by atoms with Crippen molar-refractivity contribution in [3.05, 3.63) is 34.9 Å². The van der Waals surface area contributed by atoms with E-state index in [0.29, 0.717) is 55.4 Å². The average molecular weight is 392 g/mol. The minimum Gasteiger partial charge on any atom is -0.368 e. The van der Waals surface area contributed by atoms with Gasteiger partial charge in [-0.1, -0.05) is 18.5 Å². The van der Waals surface area contributed by atoms with Crippen LogP contribution in [0.15, 0.2) is 24.3 Å². The minimum absolute atomic E-state index is 0.00397. The van der Waals surface area contributed by atoms with E-state index >= 15 is 0 Å². The molecule has 6 nitrogen and oxygen atoms in total. The number of nitrogens with zero attached hydrogens (tertiary/aromatic N) is 2. The highest BCUT2D eigenvalue weighted by Gasteiger charge is 2.38. The zero-order chi connectivity index (χ0) is 19.6. The van der Waals surface area contributed by atoms with Gasteiger partial charge in [-0.15, -0.1) is 0 Å². The summed E-state index contributed by atoms with van der Waals surface area (Å²) in [6.07, 6.45) is 2.74. The Morgan fingerprint density at radius 1 is 1.04 bits per heavy atom. The summed E-state index contributed by atoms with van der Waals surface area (Å²) in [5.41, 5.74) is 6.13. The first kappa shape index (κ1) is 19.7. The predicted molar refractivity (Wildman–Crippen MR) is 103 cm³/mol. The second-order valence-electron chi connectivity index (χ2n) is 7.65. The van der Waals surface area contributed by atoms with Crippen LogP contribution in [0.3, 0.4) is 0 Å². The third-order valence-corrected chi connectivity index (χ3v) is 5.95. The summed E-state index contributed by atoms with van der Waals surface area (Å²) in [4.78, 5) is 40.8. The maximum Gasteiger partial charge on any atom is 0.253 e. The van der Waals surface area contributed by atoms with Crippen LogP contribution in [0.5, 0.6) is 0 Å². The average Bonchev–Trinajstić information content (AvgIpc) is 2.67. The number of benzene rings is 1. The van der Waals surface area contributed by atoms with E-state index < -0.39 is 11.9 Å². The third kappa shape index (κ3) is 4.43. The van der Waals surface area contributed by atoms with Gasteiger partial charge < -0.3 is 15.5 Å². The monoisotopic (exact) mass is 391 g/mol. The Morgan fingerprint density at radius 2 is 1.67 bits per heavy atom. The van der Waals surface area contributed by atoms with Gasteiger partial charge in [-0.2, -0.15) is 0 Å². The van der Waals surface area contributed by atoms with E-state index in [-0.39, 0.29) is 17.7 Å². The number of hydrogen-bond donors (Lipinski definition) is 1. The van der Waals surface area contributed by atoms with Crippen LogP contribution >= 0.6 is 11.6 Å². The zero-order valence-corrected chi connectivity index (χ0v) is 16.3. The molecule has 2 saturated heterocycles. The number of likely N-dealkylation sites (tertiary alicyclic amines) is 2. The molecule has 0 aromatic heterocycles. The van der Waals surface area contributed by atoms with Crippen LogP contribution in [0.25, 0.3) is 0 Å². The van der Waals surface area contributed by atoms with Crippen molar-refractivity contribution in [3.8, 4) is 0 Å². The first-order valence-electron chi connectivity index (χ1n) is 9.51. The van der Waals surface area contributed by atoms with Gasteiger partial charge >= 0.3 is 0 Å². The van der Waals surface area contributed by atoms with Crippen molar-refractivity contribution in [2.45, 2.75) is 38.6 Å². The Morgan fingerprint density at radius 3 is 2.26 bits per heavy atom. The van der Waals surface area contributed by atoms with Crippen molar-refractivity contribution >= 4 is 29.3 Å². The summed E-state index contributed by atoms with van der Waals surface area (Å²) >= 11 is 5.87. The smallest absolute Gasteiger partial charge is 0.253 e. The normalized spacial score (nSPS) is 23.9. The largest absolute Gasteiger partial charge is 0.368 e. The Kier molecular flexibility index (Phi) is 6.05. The van der Waals surface area contributed by atoms with Crippen molar-refractivity contribution in [3.63, 3.8) is 0 Å². The molecule has 27 heavy (non-hydrogen) atoms. The second-order valence-corrected chi connectivity index (χ2v) is 8.09. The van der Waals surface area contributed by atoms with Gasteiger partial charge in [-0.05, 0) is 55.9 Å². The lowest BCUT2D eigenvalue weighted by molar-refractivity contribution is -0.146. The molecule has 7 heteroatoms. The molecule has 2 fully saturated rings. The third-order valence-electron chi connectivity index (χ3n) is 5.70. The highest BCUT2D eigenvalue weighted by Crippen LogP contribution is 2.28. The maximum atomic E-state index is 13.0. The Labute approximate surface area is 164 Å². The molecule has 146 valence electrons. The Balaban J connectivity index is 1.59. The maximum absolute atomic E-state index is 13.0. The molecule has 0 radical (unpaired) electrons. The van der Waals surface area contributed by atoms with Gasteiger partial charge in [0.15, 0.2) is 0 Å². The Hall–Kier alpha value is -2.08. The SMILES string of the molecule is C[C@@H]1CCN(C(=O)C2CCN(C(=O)c3ccc(Cl)cc3)CC2)[C@@H](C(N)=O)C1. The van der Waals surface area contributed by atoms with Crippen LogP contribution in [-0.4, -0.2) is 53.2 Å². The first-order valence-corrected chi connectivity index (χ1v) is 9.89. The quantitative estimate of drug-likeness (QED) is 0.858. The number of nitrogens with two attached hydrogens (primary N) is 1. The molecule has 3 rings (SSSR count). The lowest BCUT2D eigenvalue weighted by Gasteiger charge is -2.40. The number of halogens is 1. The fourth-order valence-corrected chi connectivity index (χ4v) is 4.14. The van der Waals surface area contributed by atoms with Gasteiger partial charge in [0, 0.05) is 36.1 Å². The van der Waals surface area contributed by atoms with Gasteiger partial charge in [0.1, 0.15) is 6.04 Å². The van der Waals surface area contributed by atoms with Gasteiger partial charge in [0.05, 0.1) is 0 Å². The highest BCUT2D eigenvalue weighted by molar-refractivity contribution is 6.30. The van der Waals surface area contributed by atoms with E-state index in [1.54, 1.807) is 34.1 Å². The fourth-order valence-electron chi connectivity index (χ4n) is 4.01. The van der Waals surface area contributed by atoms with E-state index in [1.807, 2.05) is 0 Å². The molecular weight excluding hydrogens is 366 g/mol. The lowest BCUT2D eigenvalue weighted by Crippen LogP contribution is -2.54. The summed E-state index contributed by atoms with van der Waals surface area (Å²) in [7, 11) is 0. The Bertz CT molecular complexity index is 714. The molecule has 2 atom stereocenters. The van der Waals surface area contributed by atoms with Crippen molar-refractivity contribution < 1.29 is 14.4 Å². The van der Waals surface area contributed by atoms with Crippen molar-refractivity contribution in [2.24, 2.45) is 17.6 Å². The predicted octanol–water partition coefficient (Wildman–Crippen LogP) is 2.30. The number of amides is 3. The van der Waals surface area contributed by atoms with E-state index in [0.717, 1.165) is 6.42 Å². The van der Waals surface area contributed by atoms with Crippen LogP contribution in [0.2, 0.25) is 5.02 Å². The molecule has 0 unspecified atom stereocenters. The van der Waals surface area contributed by atoms with Gasteiger partial charge in [-0.3, -0.25) is 14.4 Å². The number of hydrogen-bond acceptors (Lipinski definition) is 3. The van der Waals surface area contributed by atoms with Crippen molar-refractivity contribution in [2.75, 3.05) is 19.6 Å². The van der Waals surface area contributed by atoms with Crippen molar-refractivity contribution in [1.29, 1.82) is 0 Å². The lowest BCUT2D eigenvalue weighted by atomic mass is 9.88. The van der Waals surface area contributed by atoms with Crippen LogP contribution in [-0.2, 0) is 9.59 Å². The van der Waals surface area contributed by atoms with Gasteiger partial charge in [-0.25, -0.2) is 0 Å². The zero-order valence-electron chi connectivity index (χ0n) is 15.6. The molecule has 1 aromatic carbocycles. The molecule has 1 aromatic rings. The van der Waals surface area contributed by atoms with Gasteiger partial charge in [0.2, 0.25) is 11.8 Å². The van der Waals surface area contributed by atoms with Crippen LogP contribution < -0.4 is 5.73 Å². The van der Waals surface area contributed by atoms with Crippen LogP contribution in [0, 0.1) is 11.8 Å². The second kappa shape index (κ2) is 8.30. The van der Waals surface area contributed by atoms with E-state index in [9.17, 15) is 14.4 Å². The molecule has 0 bridgehead atoms. The summed E-state index contributed by atoms with van der Waals surface area (Å²) in [6, 6.07) is 6.33. The molecule has 2 heterocycles. The molecule has 2 N–H and O–H groups in total. The first-order chi connectivity index (χ1) is 12.9. The fraction of sp³-hybridized carbons (Fsp3) is 0.550. The number of carbonyl (C=O) groups excluding carboxylic acids is 3. The van der Waals surface area contributed by atoms with Crippen molar-refractivity contribution in [1.82, 2.24) is 9.80 Å². The van der Waals surface area contributed by atoms with E-state index in [4.69, 9.17) is 17.3 Å². The molecule has 0 aliphatic carbocycles. The summed E-state index contributed by atoms with van der Waals surface area (Å²) in [5, 5.41) is 0.593. The van der Waals surface area contributed by atoms with Gasteiger partial charge in [0.25, 0.3) is 5.91 Å². The van der Waals surface area contributed by atoms with Crippen LogP contribution in [0.1, 0.15) is 43.0 Å². The topological polar surface area (TPSA) is 83.7 Å². The highest BCUT2D eigenvalue weighted by atomic mass is 35.5. The minimum atomic E-state index is -0.505. The molecule has 0 saturated carbocycles. The number of rotatable bonds is 3. The molecule has 0 spiro atoms. The molecule has 2 aliphatic rings. The summed E-state index contributed by atoms with van der Waals surface area (Å²) in [5.74, 6) is -0.228. The number of primary amides is 1. The number of carbonyl (C=O) groups is 3. The standard InChI is InChI=1S/C20H26ClN3O3/c1-13-6-11-24(17(12-13)18(22)25)20(27)15-7-9-23(10-8-15)19(26)14-2-4-16(21)5-3-14/h2-5,13,15,17H,6-12H2,1H3,(H2,22,25)/t13-,17-/m1/s1. The molecular formula is C20H26ClN3O3. The molecule has 2 aliphatic heterocycles. The molecule has 3 amide bonds.